The fourth-order valence-electron chi connectivity index (χ4n) is 1.17. The molecule has 0 aliphatic rings. The van der Waals surface area contributed by atoms with E-state index in [0.29, 0.717) is 10.6 Å². The lowest BCUT2D eigenvalue weighted by Crippen LogP contribution is -2.23. The molecule has 1 aromatic rings. The van der Waals surface area contributed by atoms with Crippen LogP contribution in [0.15, 0.2) is 24.3 Å². The fourth-order valence-corrected chi connectivity index (χ4v) is 1.30. The van der Waals surface area contributed by atoms with Crippen LogP contribution in [0.3, 0.4) is 0 Å². The second-order valence-electron chi connectivity index (χ2n) is 3.20. The van der Waals surface area contributed by atoms with Crippen molar-refractivity contribution in [3.05, 3.63) is 34.9 Å². The zero-order valence-electron chi connectivity index (χ0n) is 8.30. The summed E-state index contributed by atoms with van der Waals surface area (Å²) in [5.74, 6) is 0. The minimum Gasteiger partial charge on any atom is -0.363 e. The summed E-state index contributed by atoms with van der Waals surface area (Å²) in [6, 6.07) is 6.35. The van der Waals surface area contributed by atoms with Crippen LogP contribution in [0.4, 0.5) is 13.2 Å². The first kappa shape index (κ1) is 13.3. The largest absolute Gasteiger partial charge is 0.411 e. The average Bonchev–Trinajstić information content (AvgIpc) is 2.20. The third-order valence-electron chi connectivity index (χ3n) is 1.90. The molecule has 0 fully saturated rings. The zero-order valence-corrected chi connectivity index (χ0v) is 9.05. The number of benzene rings is 1. The summed E-state index contributed by atoms with van der Waals surface area (Å²) in [5.41, 5.74) is 5.93. The van der Waals surface area contributed by atoms with Gasteiger partial charge < -0.3 is 10.5 Å². The predicted molar refractivity (Wildman–Crippen MR) is 55.3 cm³/mol. The molecule has 0 bridgehead atoms. The molecule has 0 saturated carbocycles. The van der Waals surface area contributed by atoms with Gasteiger partial charge in [-0.05, 0) is 17.7 Å². The predicted octanol–water partition coefficient (Wildman–Crippen LogP) is 2.92. The van der Waals surface area contributed by atoms with E-state index in [1.165, 1.54) is 0 Å². The summed E-state index contributed by atoms with van der Waals surface area (Å²) in [6.07, 6.45) is -5.11. The summed E-state index contributed by atoms with van der Waals surface area (Å²) in [6.45, 7) is -1.32. The maximum absolute atomic E-state index is 11.9. The summed E-state index contributed by atoms with van der Waals surface area (Å²) >= 11 is 5.66. The van der Waals surface area contributed by atoms with E-state index < -0.39 is 18.9 Å². The molecule has 0 aliphatic heterocycles. The number of hydrogen-bond donors (Lipinski definition) is 1. The molecule has 0 amide bonds. The van der Waals surface area contributed by atoms with E-state index in [4.69, 9.17) is 17.3 Å². The van der Waals surface area contributed by atoms with E-state index in [1.807, 2.05) is 0 Å². The van der Waals surface area contributed by atoms with Crippen molar-refractivity contribution in [2.24, 2.45) is 5.73 Å². The highest BCUT2D eigenvalue weighted by atomic mass is 35.5. The normalized spacial score (nSPS) is 13.8. The van der Waals surface area contributed by atoms with Gasteiger partial charge in [0.15, 0.2) is 0 Å². The molecule has 1 aromatic carbocycles. The zero-order chi connectivity index (χ0) is 12.2. The number of rotatable bonds is 4. The molecule has 0 aromatic heterocycles. The van der Waals surface area contributed by atoms with Gasteiger partial charge in [0.1, 0.15) is 6.61 Å². The number of halogens is 4. The van der Waals surface area contributed by atoms with Crippen molar-refractivity contribution in [3.8, 4) is 0 Å². The van der Waals surface area contributed by atoms with Gasteiger partial charge in [0.2, 0.25) is 0 Å². The molecule has 0 aliphatic carbocycles. The minimum atomic E-state index is -4.35. The highest BCUT2D eigenvalue weighted by Crippen LogP contribution is 2.22. The van der Waals surface area contributed by atoms with Crippen LogP contribution in [-0.2, 0) is 4.74 Å². The van der Waals surface area contributed by atoms with Crippen LogP contribution in [-0.4, -0.2) is 19.3 Å². The molecule has 1 rings (SSSR count). The van der Waals surface area contributed by atoms with E-state index >= 15 is 0 Å². The van der Waals surface area contributed by atoms with E-state index in [9.17, 15) is 13.2 Å². The topological polar surface area (TPSA) is 35.2 Å². The van der Waals surface area contributed by atoms with Crippen LogP contribution in [0.1, 0.15) is 11.7 Å². The van der Waals surface area contributed by atoms with Gasteiger partial charge in [-0.15, -0.1) is 0 Å². The second kappa shape index (κ2) is 5.52. The third kappa shape index (κ3) is 4.38. The molecule has 90 valence electrons. The van der Waals surface area contributed by atoms with Crippen LogP contribution >= 0.6 is 11.6 Å². The Balaban J connectivity index is 2.64. The Morgan fingerprint density at radius 2 is 1.81 bits per heavy atom. The van der Waals surface area contributed by atoms with Crippen molar-refractivity contribution in [1.29, 1.82) is 0 Å². The summed E-state index contributed by atoms with van der Waals surface area (Å²) in [5, 5.41) is 0.510. The molecular formula is C10H11ClF3NO. The molecule has 16 heavy (non-hydrogen) atoms. The lowest BCUT2D eigenvalue weighted by molar-refractivity contribution is -0.185. The highest BCUT2D eigenvalue weighted by Gasteiger charge is 2.29. The van der Waals surface area contributed by atoms with E-state index in [2.05, 4.69) is 4.74 Å². The summed E-state index contributed by atoms with van der Waals surface area (Å²) in [4.78, 5) is 0. The van der Waals surface area contributed by atoms with E-state index in [-0.39, 0.29) is 6.54 Å². The van der Waals surface area contributed by atoms with Gasteiger partial charge in [0.05, 0.1) is 6.10 Å². The van der Waals surface area contributed by atoms with Gasteiger partial charge in [-0.1, -0.05) is 23.7 Å². The Morgan fingerprint density at radius 1 is 1.25 bits per heavy atom. The van der Waals surface area contributed by atoms with Crippen LogP contribution in [0, 0.1) is 0 Å². The molecule has 0 spiro atoms. The number of alkyl halides is 3. The minimum absolute atomic E-state index is 0.0162. The van der Waals surface area contributed by atoms with Gasteiger partial charge in [0.25, 0.3) is 0 Å². The Bertz CT molecular complexity index is 326. The fraction of sp³-hybridized carbons (Fsp3) is 0.400. The first-order chi connectivity index (χ1) is 7.42. The highest BCUT2D eigenvalue weighted by molar-refractivity contribution is 6.30. The molecule has 0 heterocycles. The quantitative estimate of drug-likeness (QED) is 0.895. The molecule has 1 atom stereocenters. The number of hydrogen-bond acceptors (Lipinski definition) is 2. The monoisotopic (exact) mass is 253 g/mol. The van der Waals surface area contributed by atoms with Crippen LogP contribution in [0.2, 0.25) is 5.02 Å². The maximum Gasteiger partial charge on any atom is 0.411 e. The lowest BCUT2D eigenvalue weighted by Gasteiger charge is -2.17. The van der Waals surface area contributed by atoms with Crippen LogP contribution < -0.4 is 5.73 Å². The van der Waals surface area contributed by atoms with Gasteiger partial charge in [-0.25, -0.2) is 0 Å². The maximum atomic E-state index is 11.9. The Morgan fingerprint density at radius 3 is 2.25 bits per heavy atom. The van der Waals surface area contributed by atoms with Crippen LogP contribution in [0.5, 0.6) is 0 Å². The number of ether oxygens (including phenoxy) is 1. The van der Waals surface area contributed by atoms with Gasteiger partial charge in [-0.3, -0.25) is 0 Å². The Labute approximate surface area is 96.1 Å². The standard InChI is InChI=1S/C10H11ClF3NO/c11-8-3-1-7(2-4-8)9(5-15)16-6-10(12,13)14/h1-4,9H,5-6,15H2. The van der Waals surface area contributed by atoms with E-state index in [1.54, 1.807) is 24.3 Å². The van der Waals surface area contributed by atoms with Crippen molar-refractivity contribution in [2.75, 3.05) is 13.2 Å². The van der Waals surface area contributed by atoms with Crippen LogP contribution in [0.25, 0.3) is 0 Å². The molecule has 6 heteroatoms. The molecule has 0 saturated heterocycles. The molecule has 1 unspecified atom stereocenters. The number of nitrogens with two attached hydrogens (primary N) is 1. The lowest BCUT2D eigenvalue weighted by atomic mass is 10.1. The summed E-state index contributed by atoms with van der Waals surface area (Å²) in [7, 11) is 0. The SMILES string of the molecule is NCC(OCC(F)(F)F)c1ccc(Cl)cc1. The van der Waals surface area contributed by atoms with E-state index in [0.717, 1.165) is 0 Å². The molecule has 2 nitrogen and oxygen atoms in total. The van der Waals surface area contributed by atoms with Gasteiger partial charge >= 0.3 is 6.18 Å². The smallest absolute Gasteiger partial charge is 0.363 e. The van der Waals surface area contributed by atoms with Crippen molar-refractivity contribution in [3.63, 3.8) is 0 Å². The first-order valence-electron chi connectivity index (χ1n) is 4.56. The molecular weight excluding hydrogens is 243 g/mol. The average molecular weight is 254 g/mol. The Hall–Kier alpha value is -0.780. The Kier molecular flexibility index (Phi) is 4.58. The third-order valence-corrected chi connectivity index (χ3v) is 2.16. The summed E-state index contributed by atoms with van der Waals surface area (Å²) < 4.78 is 40.5. The van der Waals surface area contributed by atoms with Crippen molar-refractivity contribution < 1.29 is 17.9 Å². The van der Waals surface area contributed by atoms with Gasteiger partial charge in [-0.2, -0.15) is 13.2 Å². The van der Waals surface area contributed by atoms with Gasteiger partial charge in [0, 0.05) is 11.6 Å². The van der Waals surface area contributed by atoms with Crippen molar-refractivity contribution in [2.45, 2.75) is 12.3 Å². The van der Waals surface area contributed by atoms with Crippen molar-refractivity contribution in [1.82, 2.24) is 0 Å². The molecule has 2 N–H and O–H groups in total. The van der Waals surface area contributed by atoms with Crippen molar-refractivity contribution >= 4 is 11.6 Å². The first-order valence-corrected chi connectivity index (χ1v) is 4.94. The molecule has 0 radical (unpaired) electrons. The second-order valence-corrected chi connectivity index (χ2v) is 3.64.